The molecule has 1 aromatic heterocycles. The molecule has 222 valence electrons. The molecule has 1 saturated carbocycles. The number of aromatic nitrogens is 1. The molecule has 4 rings (SSSR count). The van der Waals surface area contributed by atoms with Gasteiger partial charge in [-0.15, -0.1) is 11.6 Å². The van der Waals surface area contributed by atoms with E-state index in [0.717, 1.165) is 53.6 Å². The number of halogens is 1. The van der Waals surface area contributed by atoms with Crippen LogP contribution in [0.5, 0.6) is 0 Å². The summed E-state index contributed by atoms with van der Waals surface area (Å²) in [5, 5.41) is 17.9. The van der Waals surface area contributed by atoms with E-state index in [1.54, 1.807) is 6.20 Å². The molecule has 1 fully saturated rings. The van der Waals surface area contributed by atoms with Gasteiger partial charge in [0.1, 0.15) is 0 Å². The highest BCUT2D eigenvalue weighted by Gasteiger charge is 2.25. The summed E-state index contributed by atoms with van der Waals surface area (Å²) in [4.78, 5) is 41.0. The van der Waals surface area contributed by atoms with Crippen molar-refractivity contribution in [2.45, 2.75) is 70.4 Å². The number of carbonyl (C=O) groups is 3. The lowest BCUT2D eigenvalue weighted by Crippen LogP contribution is -2.39. The summed E-state index contributed by atoms with van der Waals surface area (Å²) in [6.45, 7) is 3.63. The number of amides is 3. The zero-order valence-corrected chi connectivity index (χ0v) is 24.9. The van der Waals surface area contributed by atoms with E-state index in [1.807, 2.05) is 74.5 Å². The molecule has 0 atom stereocenters. The number of hydrogen-bond acceptors (Lipinski definition) is 4. The minimum Gasteiger partial charge on any atom is -0.465 e. The molecule has 42 heavy (non-hydrogen) atoms. The van der Waals surface area contributed by atoms with Gasteiger partial charge in [-0.3, -0.25) is 14.6 Å². The maximum atomic E-state index is 13.0. The normalized spacial score (nSPS) is 16.8. The zero-order valence-electron chi connectivity index (χ0n) is 24.2. The topological polar surface area (TPSA) is 120 Å². The van der Waals surface area contributed by atoms with Crippen LogP contribution in [0.3, 0.4) is 0 Å². The standard InChI is InChI=1S/C33H39ClN4O4/c1-33(2,38-32(41)42)25-14-12-24(13-15-25)31-28(23-7-4-3-5-8-23)20-27(21-35-31)37-30(40)19-22-10-16-26(17-11-22)36-29(39)9-6-18-34/h3-5,7-8,12-15,20-22,26,38H,6,9-11,16-19H2,1-2H3,(H,36,39)(H,37,40)(H,41,42). The van der Waals surface area contributed by atoms with Crippen molar-refractivity contribution >= 4 is 35.2 Å². The summed E-state index contributed by atoms with van der Waals surface area (Å²) in [5.74, 6) is 0.771. The highest BCUT2D eigenvalue weighted by molar-refractivity contribution is 6.17. The second-order valence-corrected chi connectivity index (χ2v) is 11.8. The van der Waals surface area contributed by atoms with Crippen LogP contribution in [-0.2, 0) is 15.1 Å². The second kappa shape index (κ2) is 14.3. The molecule has 0 radical (unpaired) electrons. The van der Waals surface area contributed by atoms with Crippen LogP contribution < -0.4 is 16.0 Å². The van der Waals surface area contributed by atoms with Gasteiger partial charge >= 0.3 is 6.09 Å². The number of rotatable bonds is 11. The van der Waals surface area contributed by atoms with Crippen LogP contribution in [0.1, 0.15) is 64.4 Å². The first-order chi connectivity index (χ1) is 20.1. The summed E-state index contributed by atoms with van der Waals surface area (Å²) in [5.41, 5.74) is 4.22. The van der Waals surface area contributed by atoms with Crippen molar-refractivity contribution in [2.24, 2.45) is 5.92 Å². The number of anilines is 1. The summed E-state index contributed by atoms with van der Waals surface area (Å²) >= 11 is 5.68. The molecular weight excluding hydrogens is 552 g/mol. The number of benzene rings is 2. The third-order valence-corrected chi connectivity index (χ3v) is 8.05. The molecule has 4 N–H and O–H groups in total. The van der Waals surface area contributed by atoms with E-state index in [0.29, 0.717) is 30.8 Å². The van der Waals surface area contributed by atoms with E-state index in [1.165, 1.54) is 0 Å². The van der Waals surface area contributed by atoms with Crippen LogP contribution in [0.4, 0.5) is 10.5 Å². The van der Waals surface area contributed by atoms with Crippen LogP contribution >= 0.6 is 11.6 Å². The van der Waals surface area contributed by atoms with Crippen LogP contribution in [0.15, 0.2) is 66.9 Å². The molecule has 3 aromatic rings. The maximum Gasteiger partial charge on any atom is 0.405 e. The van der Waals surface area contributed by atoms with E-state index >= 15 is 0 Å². The molecule has 0 unspecified atom stereocenters. The van der Waals surface area contributed by atoms with Gasteiger partial charge < -0.3 is 21.1 Å². The summed E-state index contributed by atoms with van der Waals surface area (Å²) in [6, 6.07) is 19.7. The summed E-state index contributed by atoms with van der Waals surface area (Å²) < 4.78 is 0. The average molecular weight is 591 g/mol. The van der Waals surface area contributed by atoms with Crippen LogP contribution in [-0.4, -0.2) is 39.9 Å². The number of nitrogens with zero attached hydrogens (tertiary/aromatic N) is 1. The van der Waals surface area contributed by atoms with Crippen molar-refractivity contribution in [1.29, 1.82) is 0 Å². The van der Waals surface area contributed by atoms with Crippen molar-refractivity contribution in [3.8, 4) is 22.4 Å². The van der Waals surface area contributed by atoms with Gasteiger partial charge in [0.2, 0.25) is 11.8 Å². The van der Waals surface area contributed by atoms with Gasteiger partial charge in [-0.25, -0.2) is 4.79 Å². The Morgan fingerprint density at radius 3 is 2.29 bits per heavy atom. The first-order valence-corrected chi connectivity index (χ1v) is 15.0. The molecule has 3 amide bonds. The Kier molecular flexibility index (Phi) is 10.6. The van der Waals surface area contributed by atoms with Crippen LogP contribution in [0.25, 0.3) is 22.4 Å². The Labute approximate surface area is 252 Å². The smallest absolute Gasteiger partial charge is 0.405 e. The molecule has 0 bridgehead atoms. The Morgan fingerprint density at radius 1 is 0.952 bits per heavy atom. The Balaban J connectivity index is 1.44. The highest BCUT2D eigenvalue weighted by Crippen LogP contribution is 2.34. The quantitative estimate of drug-likeness (QED) is 0.180. The Hall–Kier alpha value is -3.91. The van der Waals surface area contributed by atoms with Crippen molar-refractivity contribution in [2.75, 3.05) is 11.2 Å². The predicted octanol–water partition coefficient (Wildman–Crippen LogP) is 6.94. The zero-order chi connectivity index (χ0) is 30.1. The number of pyridine rings is 1. The fourth-order valence-electron chi connectivity index (χ4n) is 5.50. The van der Waals surface area contributed by atoms with E-state index in [2.05, 4.69) is 16.0 Å². The van der Waals surface area contributed by atoms with E-state index in [4.69, 9.17) is 16.6 Å². The third kappa shape index (κ3) is 8.55. The van der Waals surface area contributed by atoms with E-state index in [-0.39, 0.29) is 23.8 Å². The first-order valence-electron chi connectivity index (χ1n) is 14.5. The molecule has 1 aliphatic rings. The van der Waals surface area contributed by atoms with Crippen molar-refractivity contribution < 1.29 is 19.5 Å². The molecule has 2 aromatic carbocycles. The number of alkyl halides is 1. The number of hydrogen-bond donors (Lipinski definition) is 4. The van der Waals surface area contributed by atoms with Gasteiger partial charge in [0.25, 0.3) is 0 Å². The Morgan fingerprint density at radius 2 is 1.64 bits per heavy atom. The summed E-state index contributed by atoms with van der Waals surface area (Å²) in [6.07, 6.45) is 5.71. The van der Waals surface area contributed by atoms with E-state index in [9.17, 15) is 19.5 Å². The molecular formula is C33H39ClN4O4. The highest BCUT2D eigenvalue weighted by atomic mass is 35.5. The van der Waals surface area contributed by atoms with Gasteiger partial charge in [0.15, 0.2) is 0 Å². The minimum atomic E-state index is -1.08. The number of carboxylic acid groups (broad SMARTS) is 1. The SMILES string of the molecule is CC(C)(NC(=O)O)c1ccc(-c2ncc(NC(=O)CC3CCC(NC(=O)CCCCl)CC3)cc2-c2ccccc2)cc1. The average Bonchev–Trinajstić information content (AvgIpc) is 2.97. The number of carbonyl (C=O) groups excluding carboxylic acids is 2. The predicted molar refractivity (Wildman–Crippen MR) is 166 cm³/mol. The molecule has 0 saturated heterocycles. The van der Waals surface area contributed by atoms with Gasteiger partial charge in [-0.2, -0.15) is 0 Å². The van der Waals surface area contributed by atoms with Crippen molar-refractivity contribution in [3.05, 3.63) is 72.4 Å². The van der Waals surface area contributed by atoms with Gasteiger partial charge in [0.05, 0.1) is 23.1 Å². The van der Waals surface area contributed by atoms with Crippen LogP contribution in [0, 0.1) is 5.92 Å². The van der Waals surface area contributed by atoms with E-state index < -0.39 is 11.6 Å². The monoisotopic (exact) mass is 590 g/mol. The van der Waals surface area contributed by atoms with Gasteiger partial charge in [-0.05, 0) is 69.1 Å². The summed E-state index contributed by atoms with van der Waals surface area (Å²) in [7, 11) is 0. The molecule has 8 nitrogen and oxygen atoms in total. The lowest BCUT2D eigenvalue weighted by Gasteiger charge is -2.28. The third-order valence-electron chi connectivity index (χ3n) is 7.78. The fraction of sp³-hybridized carbons (Fsp3) is 0.394. The van der Waals surface area contributed by atoms with Gasteiger partial charge in [-0.1, -0.05) is 54.6 Å². The molecule has 9 heteroatoms. The van der Waals surface area contributed by atoms with Crippen molar-refractivity contribution in [3.63, 3.8) is 0 Å². The maximum absolute atomic E-state index is 13.0. The minimum absolute atomic E-state index is 0.0457. The largest absolute Gasteiger partial charge is 0.465 e. The van der Waals surface area contributed by atoms with Crippen molar-refractivity contribution in [1.82, 2.24) is 15.6 Å². The molecule has 0 spiro atoms. The first kappa shape index (κ1) is 31.0. The molecule has 0 aliphatic heterocycles. The lowest BCUT2D eigenvalue weighted by atomic mass is 9.84. The van der Waals surface area contributed by atoms with Gasteiger partial charge in [0, 0.05) is 35.9 Å². The lowest BCUT2D eigenvalue weighted by molar-refractivity contribution is -0.122. The fourth-order valence-corrected chi connectivity index (χ4v) is 5.63. The molecule has 1 heterocycles. The van der Waals surface area contributed by atoms with Crippen LogP contribution in [0.2, 0.25) is 0 Å². The second-order valence-electron chi connectivity index (χ2n) is 11.4. The Bertz CT molecular complexity index is 1370. The number of nitrogens with one attached hydrogen (secondary N) is 3. The molecule has 1 aliphatic carbocycles.